The van der Waals surface area contributed by atoms with E-state index >= 15 is 0 Å². The molecule has 0 saturated carbocycles. The number of thiocarbonyl (C=S) groups is 1. The van der Waals surface area contributed by atoms with Gasteiger partial charge in [0.05, 0.1) is 0 Å². The molecule has 0 bridgehead atoms. The normalized spacial score (nSPS) is 10.5. The van der Waals surface area contributed by atoms with Crippen LogP contribution in [0.2, 0.25) is 0 Å². The monoisotopic (exact) mass is 239 g/mol. The van der Waals surface area contributed by atoms with E-state index in [2.05, 4.69) is 20.2 Å². The molecule has 0 amide bonds. The molecule has 16 heavy (non-hydrogen) atoms. The van der Waals surface area contributed by atoms with Crippen molar-refractivity contribution in [2.24, 2.45) is 5.73 Å². The SMILES string of the molecule is Cc1cc(C(N)=S)nc(NCCN(C)C)n1. The molecule has 0 aliphatic rings. The van der Waals surface area contributed by atoms with Crippen molar-refractivity contribution in [1.82, 2.24) is 14.9 Å². The van der Waals surface area contributed by atoms with E-state index in [1.54, 1.807) is 6.07 Å². The number of hydrogen-bond donors (Lipinski definition) is 2. The first-order valence-electron chi connectivity index (χ1n) is 5.03. The van der Waals surface area contributed by atoms with Crippen LogP contribution in [0.3, 0.4) is 0 Å². The Kier molecular flexibility index (Phi) is 4.57. The summed E-state index contributed by atoms with van der Waals surface area (Å²) in [5.41, 5.74) is 6.99. The Bertz CT molecular complexity index is 377. The van der Waals surface area contributed by atoms with Crippen LogP contribution in [0.4, 0.5) is 5.95 Å². The lowest BCUT2D eigenvalue weighted by atomic mass is 10.3. The largest absolute Gasteiger partial charge is 0.388 e. The first-order chi connectivity index (χ1) is 7.49. The minimum atomic E-state index is 0.293. The molecular formula is C10H17N5S. The molecule has 0 unspecified atom stereocenters. The number of aromatic nitrogens is 2. The van der Waals surface area contributed by atoms with Gasteiger partial charge in [-0.25, -0.2) is 9.97 Å². The lowest BCUT2D eigenvalue weighted by molar-refractivity contribution is 0.425. The standard InChI is InChI=1S/C10H17N5S/c1-7-6-8(9(11)16)14-10(13-7)12-4-5-15(2)3/h6H,4-5H2,1-3H3,(H2,11,16)(H,12,13,14). The molecule has 0 spiro atoms. The average Bonchev–Trinajstić information content (AvgIpc) is 2.16. The number of aryl methyl sites for hydroxylation is 1. The van der Waals surface area contributed by atoms with Crippen LogP contribution >= 0.6 is 12.2 Å². The Balaban J connectivity index is 2.69. The average molecular weight is 239 g/mol. The van der Waals surface area contributed by atoms with Gasteiger partial charge < -0.3 is 16.0 Å². The van der Waals surface area contributed by atoms with Crippen molar-refractivity contribution in [3.05, 3.63) is 17.5 Å². The fourth-order valence-electron chi connectivity index (χ4n) is 1.17. The number of nitrogens with one attached hydrogen (secondary N) is 1. The van der Waals surface area contributed by atoms with Crippen LogP contribution in [0.5, 0.6) is 0 Å². The number of hydrogen-bond acceptors (Lipinski definition) is 5. The number of rotatable bonds is 5. The Morgan fingerprint density at radius 2 is 2.19 bits per heavy atom. The summed E-state index contributed by atoms with van der Waals surface area (Å²) in [5.74, 6) is 0.574. The zero-order chi connectivity index (χ0) is 12.1. The van der Waals surface area contributed by atoms with E-state index < -0.39 is 0 Å². The summed E-state index contributed by atoms with van der Waals surface area (Å²) in [4.78, 5) is 10.9. The van der Waals surface area contributed by atoms with E-state index in [0.717, 1.165) is 18.8 Å². The molecule has 88 valence electrons. The highest BCUT2D eigenvalue weighted by molar-refractivity contribution is 7.80. The molecule has 0 atom stereocenters. The molecule has 0 saturated heterocycles. The first-order valence-corrected chi connectivity index (χ1v) is 5.44. The molecule has 1 aromatic heterocycles. The maximum Gasteiger partial charge on any atom is 0.223 e. The van der Waals surface area contributed by atoms with Gasteiger partial charge >= 0.3 is 0 Å². The second-order valence-corrected chi connectivity index (χ2v) is 4.25. The van der Waals surface area contributed by atoms with E-state index in [1.807, 2.05) is 21.0 Å². The number of nitrogens with two attached hydrogens (primary N) is 1. The second-order valence-electron chi connectivity index (χ2n) is 3.81. The summed E-state index contributed by atoms with van der Waals surface area (Å²) in [5, 5.41) is 3.13. The molecule has 0 radical (unpaired) electrons. The van der Waals surface area contributed by atoms with Gasteiger partial charge in [0.2, 0.25) is 5.95 Å². The van der Waals surface area contributed by atoms with Gasteiger partial charge in [0.1, 0.15) is 10.7 Å². The van der Waals surface area contributed by atoms with Crippen molar-refractivity contribution in [2.75, 3.05) is 32.5 Å². The summed E-state index contributed by atoms with van der Waals surface area (Å²) in [6, 6.07) is 1.78. The first kappa shape index (κ1) is 12.8. The van der Waals surface area contributed by atoms with Crippen LogP contribution in [-0.4, -0.2) is 47.0 Å². The van der Waals surface area contributed by atoms with Crippen molar-refractivity contribution in [1.29, 1.82) is 0 Å². The lowest BCUT2D eigenvalue weighted by Gasteiger charge is -2.11. The Hall–Kier alpha value is -1.27. The topological polar surface area (TPSA) is 67.1 Å². The third-order valence-corrected chi connectivity index (χ3v) is 2.16. The fourth-order valence-corrected chi connectivity index (χ4v) is 1.27. The van der Waals surface area contributed by atoms with Gasteiger partial charge in [-0.2, -0.15) is 0 Å². The maximum atomic E-state index is 5.53. The van der Waals surface area contributed by atoms with Gasteiger partial charge in [0, 0.05) is 18.8 Å². The molecule has 0 aliphatic heterocycles. The van der Waals surface area contributed by atoms with Crippen LogP contribution in [0.1, 0.15) is 11.4 Å². The van der Waals surface area contributed by atoms with Crippen LogP contribution in [0, 0.1) is 6.92 Å². The second kappa shape index (κ2) is 5.72. The number of nitrogens with zero attached hydrogens (tertiary/aromatic N) is 3. The highest BCUT2D eigenvalue weighted by Crippen LogP contribution is 2.04. The summed E-state index contributed by atoms with van der Waals surface area (Å²) in [6.45, 7) is 3.59. The van der Waals surface area contributed by atoms with Gasteiger partial charge in [0.15, 0.2) is 0 Å². The molecule has 0 aliphatic carbocycles. The third kappa shape index (κ3) is 4.08. The number of likely N-dealkylation sites (N-methyl/N-ethyl adjacent to an activating group) is 1. The molecule has 0 fully saturated rings. The van der Waals surface area contributed by atoms with Crippen molar-refractivity contribution in [3.63, 3.8) is 0 Å². The minimum absolute atomic E-state index is 0.293. The van der Waals surface area contributed by atoms with Crippen LogP contribution in [-0.2, 0) is 0 Å². The van der Waals surface area contributed by atoms with E-state index in [-0.39, 0.29) is 0 Å². The molecular weight excluding hydrogens is 222 g/mol. The summed E-state index contributed by atoms with van der Waals surface area (Å²) < 4.78 is 0. The van der Waals surface area contributed by atoms with Gasteiger partial charge in [-0.05, 0) is 27.1 Å². The molecule has 1 heterocycles. The smallest absolute Gasteiger partial charge is 0.223 e. The zero-order valence-corrected chi connectivity index (χ0v) is 10.6. The summed E-state index contributed by atoms with van der Waals surface area (Å²) in [7, 11) is 4.03. The quantitative estimate of drug-likeness (QED) is 0.725. The third-order valence-electron chi connectivity index (χ3n) is 1.95. The van der Waals surface area contributed by atoms with E-state index in [9.17, 15) is 0 Å². The minimum Gasteiger partial charge on any atom is -0.388 e. The van der Waals surface area contributed by atoms with Crippen LogP contribution in [0.25, 0.3) is 0 Å². The Morgan fingerprint density at radius 1 is 1.50 bits per heavy atom. The highest BCUT2D eigenvalue weighted by atomic mass is 32.1. The fraction of sp³-hybridized carbons (Fsp3) is 0.500. The summed E-state index contributed by atoms with van der Waals surface area (Å²) in [6.07, 6.45) is 0. The molecule has 5 nitrogen and oxygen atoms in total. The Labute approximate surface area is 101 Å². The zero-order valence-electron chi connectivity index (χ0n) is 9.82. The lowest BCUT2D eigenvalue weighted by Crippen LogP contribution is -2.22. The van der Waals surface area contributed by atoms with Crippen molar-refractivity contribution in [3.8, 4) is 0 Å². The summed E-state index contributed by atoms with van der Waals surface area (Å²) >= 11 is 4.89. The van der Waals surface area contributed by atoms with Gasteiger partial charge in [0.25, 0.3) is 0 Å². The van der Waals surface area contributed by atoms with Crippen molar-refractivity contribution < 1.29 is 0 Å². The molecule has 1 aromatic rings. The van der Waals surface area contributed by atoms with Crippen LogP contribution < -0.4 is 11.1 Å². The van der Waals surface area contributed by atoms with E-state index in [4.69, 9.17) is 18.0 Å². The number of anilines is 1. The molecule has 6 heteroatoms. The van der Waals surface area contributed by atoms with Crippen LogP contribution in [0.15, 0.2) is 6.07 Å². The van der Waals surface area contributed by atoms with E-state index in [1.165, 1.54) is 0 Å². The molecule has 3 N–H and O–H groups in total. The van der Waals surface area contributed by atoms with E-state index in [0.29, 0.717) is 16.6 Å². The van der Waals surface area contributed by atoms with Gasteiger partial charge in [-0.3, -0.25) is 0 Å². The van der Waals surface area contributed by atoms with Gasteiger partial charge in [-0.15, -0.1) is 0 Å². The maximum absolute atomic E-state index is 5.53. The van der Waals surface area contributed by atoms with Gasteiger partial charge in [-0.1, -0.05) is 12.2 Å². The molecule has 0 aromatic carbocycles. The van der Waals surface area contributed by atoms with Crippen molar-refractivity contribution in [2.45, 2.75) is 6.92 Å². The molecule has 1 rings (SSSR count). The predicted molar refractivity (Wildman–Crippen MR) is 69.7 cm³/mol. The van der Waals surface area contributed by atoms with Crippen molar-refractivity contribution >= 4 is 23.2 Å². The predicted octanol–water partition coefficient (Wildman–Crippen LogP) is 0.393. The Morgan fingerprint density at radius 3 is 2.75 bits per heavy atom. The highest BCUT2D eigenvalue weighted by Gasteiger charge is 2.03.